The first-order valence-corrected chi connectivity index (χ1v) is 5.15. The average Bonchev–Trinajstić information content (AvgIpc) is 2.44. The lowest BCUT2D eigenvalue weighted by Gasteiger charge is -2.37. The van der Waals surface area contributed by atoms with E-state index in [9.17, 15) is 0 Å². The van der Waals surface area contributed by atoms with E-state index in [-0.39, 0.29) is 0 Å². The molecular formula is C10H19NO. The van der Waals surface area contributed by atoms with Crippen molar-refractivity contribution in [2.75, 3.05) is 32.8 Å². The molecule has 2 rings (SSSR count). The monoisotopic (exact) mass is 169 g/mol. The summed E-state index contributed by atoms with van der Waals surface area (Å²) in [6.07, 6.45) is 4.05. The molecule has 0 amide bonds. The molecule has 0 bridgehead atoms. The minimum atomic E-state index is 0.591. The highest BCUT2D eigenvalue weighted by Crippen LogP contribution is 2.37. The molecule has 0 saturated carbocycles. The van der Waals surface area contributed by atoms with E-state index in [4.69, 9.17) is 4.74 Å². The molecule has 2 nitrogen and oxygen atoms in total. The summed E-state index contributed by atoms with van der Waals surface area (Å²) in [6, 6.07) is 0. The van der Waals surface area contributed by atoms with Crippen LogP contribution >= 0.6 is 0 Å². The number of hydrogen-bond acceptors (Lipinski definition) is 2. The molecule has 1 spiro atoms. The average molecular weight is 169 g/mol. The second-order valence-electron chi connectivity index (χ2n) is 4.37. The van der Waals surface area contributed by atoms with E-state index in [1.54, 1.807) is 0 Å². The first-order valence-electron chi connectivity index (χ1n) is 5.15. The SMILES string of the molecule is CCCCN1CCC2(COC2)C1. The highest BCUT2D eigenvalue weighted by atomic mass is 16.5. The number of unbranched alkanes of at least 4 members (excludes halogenated alkanes) is 1. The minimum absolute atomic E-state index is 0.591. The van der Waals surface area contributed by atoms with Crippen molar-refractivity contribution in [2.45, 2.75) is 26.2 Å². The fourth-order valence-corrected chi connectivity index (χ4v) is 2.23. The van der Waals surface area contributed by atoms with Crippen molar-refractivity contribution in [3.05, 3.63) is 0 Å². The summed E-state index contributed by atoms with van der Waals surface area (Å²) in [5.41, 5.74) is 0.591. The Morgan fingerprint density at radius 2 is 2.25 bits per heavy atom. The van der Waals surface area contributed by atoms with Crippen molar-refractivity contribution in [1.82, 2.24) is 4.90 Å². The zero-order valence-electron chi connectivity index (χ0n) is 8.01. The zero-order chi connectivity index (χ0) is 8.44. The van der Waals surface area contributed by atoms with Crippen LogP contribution in [0.4, 0.5) is 0 Å². The lowest BCUT2D eigenvalue weighted by molar-refractivity contribution is -0.104. The van der Waals surface area contributed by atoms with E-state index >= 15 is 0 Å². The number of likely N-dealkylation sites (tertiary alicyclic amines) is 1. The highest BCUT2D eigenvalue weighted by molar-refractivity contribution is 4.94. The van der Waals surface area contributed by atoms with Gasteiger partial charge in [-0.3, -0.25) is 0 Å². The molecular weight excluding hydrogens is 150 g/mol. The van der Waals surface area contributed by atoms with Gasteiger partial charge in [0.1, 0.15) is 0 Å². The third kappa shape index (κ3) is 1.50. The number of ether oxygens (including phenoxy) is 1. The molecule has 2 aliphatic rings. The van der Waals surface area contributed by atoms with Crippen LogP contribution in [0.15, 0.2) is 0 Å². The standard InChI is InChI=1S/C10H19NO/c1-2-3-5-11-6-4-10(7-11)8-12-9-10/h2-9H2,1H3. The summed E-state index contributed by atoms with van der Waals surface area (Å²) < 4.78 is 5.29. The molecule has 2 aliphatic heterocycles. The van der Waals surface area contributed by atoms with Crippen LogP contribution in [0, 0.1) is 5.41 Å². The third-order valence-corrected chi connectivity index (χ3v) is 3.16. The van der Waals surface area contributed by atoms with Gasteiger partial charge in [-0.25, -0.2) is 0 Å². The van der Waals surface area contributed by atoms with E-state index in [0.29, 0.717) is 5.41 Å². The Bertz CT molecular complexity index is 152. The summed E-state index contributed by atoms with van der Waals surface area (Å²) in [6.45, 7) is 8.22. The lowest BCUT2D eigenvalue weighted by atomic mass is 9.85. The van der Waals surface area contributed by atoms with Crippen LogP contribution in [0.2, 0.25) is 0 Å². The summed E-state index contributed by atoms with van der Waals surface area (Å²) in [5.74, 6) is 0. The number of rotatable bonds is 3. The Balaban J connectivity index is 1.74. The smallest absolute Gasteiger partial charge is 0.0557 e. The van der Waals surface area contributed by atoms with Gasteiger partial charge in [-0.1, -0.05) is 13.3 Å². The van der Waals surface area contributed by atoms with Gasteiger partial charge in [0.25, 0.3) is 0 Å². The minimum Gasteiger partial charge on any atom is -0.380 e. The maximum Gasteiger partial charge on any atom is 0.0557 e. The van der Waals surface area contributed by atoms with Gasteiger partial charge >= 0.3 is 0 Å². The molecule has 0 aromatic heterocycles. The lowest BCUT2D eigenvalue weighted by Crippen LogP contribution is -2.44. The van der Waals surface area contributed by atoms with Gasteiger partial charge < -0.3 is 9.64 Å². The van der Waals surface area contributed by atoms with Gasteiger partial charge in [-0.05, 0) is 25.9 Å². The summed E-state index contributed by atoms with van der Waals surface area (Å²) in [4.78, 5) is 2.60. The van der Waals surface area contributed by atoms with Crippen LogP contribution in [0.5, 0.6) is 0 Å². The van der Waals surface area contributed by atoms with Gasteiger partial charge in [0.05, 0.1) is 13.2 Å². The molecule has 0 aromatic rings. The van der Waals surface area contributed by atoms with Gasteiger partial charge in [0, 0.05) is 12.0 Å². The van der Waals surface area contributed by atoms with Crippen molar-refractivity contribution >= 4 is 0 Å². The molecule has 70 valence electrons. The molecule has 2 saturated heterocycles. The highest BCUT2D eigenvalue weighted by Gasteiger charge is 2.43. The molecule has 0 radical (unpaired) electrons. The van der Waals surface area contributed by atoms with Crippen LogP contribution in [0.25, 0.3) is 0 Å². The van der Waals surface area contributed by atoms with Crippen molar-refractivity contribution in [2.24, 2.45) is 5.41 Å². The Labute approximate surface area is 74.9 Å². The molecule has 2 fully saturated rings. The molecule has 0 N–H and O–H groups in total. The second kappa shape index (κ2) is 3.35. The normalized spacial score (nSPS) is 27.8. The maximum atomic E-state index is 5.29. The molecule has 2 heterocycles. The molecule has 12 heavy (non-hydrogen) atoms. The van der Waals surface area contributed by atoms with Gasteiger partial charge in [0.2, 0.25) is 0 Å². The van der Waals surface area contributed by atoms with E-state index in [1.807, 2.05) is 0 Å². The van der Waals surface area contributed by atoms with Crippen molar-refractivity contribution in [3.63, 3.8) is 0 Å². The first kappa shape index (κ1) is 8.52. The van der Waals surface area contributed by atoms with Crippen molar-refractivity contribution < 1.29 is 4.74 Å². The largest absolute Gasteiger partial charge is 0.380 e. The number of hydrogen-bond donors (Lipinski definition) is 0. The maximum absolute atomic E-state index is 5.29. The predicted octanol–water partition coefficient (Wildman–Crippen LogP) is 1.51. The summed E-state index contributed by atoms with van der Waals surface area (Å²) in [7, 11) is 0. The third-order valence-electron chi connectivity index (χ3n) is 3.16. The Hall–Kier alpha value is -0.0800. The molecule has 0 atom stereocenters. The topological polar surface area (TPSA) is 12.5 Å². The number of nitrogens with zero attached hydrogens (tertiary/aromatic N) is 1. The molecule has 0 aromatic carbocycles. The van der Waals surface area contributed by atoms with Gasteiger partial charge in [-0.15, -0.1) is 0 Å². The fraction of sp³-hybridized carbons (Fsp3) is 1.00. The summed E-state index contributed by atoms with van der Waals surface area (Å²) in [5, 5.41) is 0. The fourth-order valence-electron chi connectivity index (χ4n) is 2.23. The van der Waals surface area contributed by atoms with Crippen molar-refractivity contribution in [1.29, 1.82) is 0 Å². The van der Waals surface area contributed by atoms with Crippen LogP contribution < -0.4 is 0 Å². The van der Waals surface area contributed by atoms with E-state index in [1.165, 1.54) is 38.9 Å². The zero-order valence-corrected chi connectivity index (χ0v) is 8.01. The Morgan fingerprint density at radius 1 is 1.42 bits per heavy atom. The van der Waals surface area contributed by atoms with Crippen molar-refractivity contribution in [3.8, 4) is 0 Å². The van der Waals surface area contributed by atoms with Crippen LogP contribution in [-0.4, -0.2) is 37.7 Å². The molecule has 0 unspecified atom stereocenters. The molecule has 2 heteroatoms. The van der Waals surface area contributed by atoms with Gasteiger partial charge in [0.15, 0.2) is 0 Å². The van der Waals surface area contributed by atoms with E-state index < -0.39 is 0 Å². The Morgan fingerprint density at radius 3 is 2.75 bits per heavy atom. The van der Waals surface area contributed by atoms with E-state index in [2.05, 4.69) is 11.8 Å². The predicted molar refractivity (Wildman–Crippen MR) is 49.2 cm³/mol. The summed E-state index contributed by atoms with van der Waals surface area (Å²) >= 11 is 0. The van der Waals surface area contributed by atoms with Crippen LogP contribution in [0.3, 0.4) is 0 Å². The first-order chi connectivity index (χ1) is 5.85. The van der Waals surface area contributed by atoms with E-state index in [0.717, 1.165) is 13.2 Å². The van der Waals surface area contributed by atoms with Gasteiger partial charge in [-0.2, -0.15) is 0 Å². The molecule has 0 aliphatic carbocycles. The van der Waals surface area contributed by atoms with Crippen LogP contribution in [-0.2, 0) is 4.74 Å². The van der Waals surface area contributed by atoms with Crippen LogP contribution in [0.1, 0.15) is 26.2 Å². The Kier molecular flexibility index (Phi) is 2.37. The quantitative estimate of drug-likeness (QED) is 0.635. The second-order valence-corrected chi connectivity index (χ2v) is 4.37.